The molecule has 0 saturated heterocycles. The lowest BCUT2D eigenvalue weighted by atomic mass is 9.77. The summed E-state index contributed by atoms with van der Waals surface area (Å²) < 4.78 is 52.5. The second-order valence-corrected chi connectivity index (χ2v) is 9.11. The van der Waals surface area contributed by atoms with Gasteiger partial charge in [0, 0.05) is 11.3 Å². The first-order valence-corrected chi connectivity index (χ1v) is 12.0. The minimum atomic E-state index is -4.64. The fourth-order valence-electron chi connectivity index (χ4n) is 4.91. The Morgan fingerprint density at radius 1 is 1.08 bits per heavy atom. The normalized spacial score (nSPS) is 17.4. The maximum atomic E-state index is 14.2. The zero-order valence-corrected chi connectivity index (χ0v) is 20.1. The molecule has 2 atom stereocenters. The minimum absolute atomic E-state index is 0.177. The van der Waals surface area contributed by atoms with Crippen LogP contribution in [0.15, 0.2) is 66.9 Å². The van der Waals surface area contributed by atoms with E-state index in [2.05, 4.69) is 39.8 Å². The number of benzene rings is 3. The number of alkyl halides is 3. The Kier molecular flexibility index (Phi) is 8.09. The molecule has 38 heavy (non-hydrogen) atoms. The summed E-state index contributed by atoms with van der Waals surface area (Å²) in [6.07, 6.45) is 0.211. The molecule has 198 valence electrons. The molecule has 4 aromatic rings. The van der Waals surface area contributed by atoms with Gasteiger partial charge in [-0.05, 0) is 66.1 Å². The minimum Gasteiger partial charge on any atom is -0.483 e. The molecule has 1 aliphatic rings. The largest absolute Gasteiger partial charge is 0.483 e. The van der Waals surface area contributed by atoms with Crippen molar-refractivity contribution in [3.63, 3.8) is 0 Å². The van der Waals surface area contributed by atoms with Crippen LogP contribution in [0.25, 0.3) is 22.0 Å². The predicted molar refractivity (Wildman–Crippen MR) is 135 cm³/mol. The number of aromatic nitrogens is 2. The number of hydrogen-bond acceptors (Lipinski definition) is 3. The van der Waals surface area contributed by atoms with E-state index < -0.39 is 17.6 Å². The number of amides is 1. The summed E-state index contributed by atoms with van der Waals surface area (Å²) in [5.41, 5.74) is 2.94. The van der Waals surface area contributed by atoms with Crippen molar-refractivity contribution in [1.29, 1.82) is 0 Å². The highest BCUT2D eigenvalue weighted by Gasteiger charge is 2.32. The molecule has 3 N–H and O–H groups in total. The topological polar surface area (TPSA) is 95.1 Å². The van der Waals surface area contributed by atoms with E-state index in [4.69, 9.17) is 9.90 Å². The molecule has 1 aliphatic carbocycles. The Hall–Kier alpha value is -4.21. The SMILES string of the molecule is O=C(Nc1ccc(C(F)(F)F)cc1F)C1CCCC(c2ccc(-c3cccc4[nH]ncc34)cc2)C1.O=CO. The van der Waals surface area contributed by atoms with Gasteiger partial charge in [0.2, 0.25) is 5.91 Å². The number of fused-ring (bicyclic) bond motifs is 1. The van der Waals surface area contributed by atoms with Gasteiger partial charge in [0.1, 0.15) is 5.82 Å². The average Bonchev–Trinajstić information content (AvgIpc) is 3.39. The molecule has 5 rings (SSSR count). The van der Waals surface area contributed by atoms with Crippen molar-refractivity contribution in [2.45, 2.75) is 37.8 Å². The van der Waals surface area contributed by atoms with Crippen LogP contribution in [0.1, 0.15) is 42.7 Å². The first-order chi connectivity index (χ1) is 18.2. The molecule has 0 aliphatic heterocycles. The molecule has 1 fully saturated rings. The number of carbonyl (C=O) groups excluding carboxylic acids is 1. The molecule has 3 aromatic carbocycles. The molecular weight excluding hydrogens is 502 g/mol. The van der Waals surface area contributed by atoms with Crippen molar-refractivity contribution >= 4 is 29.0 Å². The van der Waals surface area contributed by atoms with Crippen LogP contribution in [0.4, 0.5) is 23.2 Å². The first kappa shape index (κ1) is 26.8. The lowest BCUT2D eigenvalue weighted by Crippen LogP contribution is -2.28. The van der Waals surface area contributed by atoms with Crippen LogP contribution in [0, 0.1) is 11.7 Å². The van der Waals surface area contributed by atoms with E-state index in [0.717, 1.165) is 52.6 Å². The number of H-pyrrole nitrogens is 1. The van der Waals surface area contributed by atoms with Crippen LogP contribution in [0.3, 0.4) is 0 Å². The number of nitrogens with one attached hydrogen (secondary N) is 2. The van der Waals surface area contributed by atoms with Crippen molar-refractivity contribution < 1.29 is 32.3 Å². The summed E-state index contributed by atoms with van der Waals surface area (Å²) >= 11 is 0. The zero-order valence-electron chi connectivity index (χ0n) is 20.1. The summed E-state index contributed by atoms with van der Waals surface area (Å²) in [4.78, 5) is 21.2. The van der Waals surface area contributed by atoms with Gasteiger partial charge in [0.15, 0.2) is 0 Å². The molecule has 0 bridgehead atoms. The quantitative estimate of drug-likeness (QED) is 0.197. The maximum Gasteiger partial charge on any atom is 0.416 e. The summed E-state index contributed by atoms with van der Waals surface area (Å²) in [6, 6.07) is 16.4. The van der Waals surface area contributed by atoms with Gasteiger partial charge < -0.3 is 10.4 Å². The maximum absolute atomic E-state index is 14.2. The molecule has 1 amide bonds. The van der Waals surface area contributed by atoms with Gasteiger partial charge in [-0.15, -0.1) is 0 Å². The molecule has 1 heterocycles. The third-order valence-corrected chi connectivity index (χ3v) is 6.78. The Morgan fingerprint density at radius 2 is 1.82 bits per heavy atom. The third-order valence-electron chi connectivity index (χ3n) is 6.78. The monoisotopic (exact) mass is 527 g/mol. The number of carbonyl (C=O) groups is 2. The molecule has 10 heteroatoms. The van der Waals surface area contributed by atoms with E-state index in [0.29, 0.717) is 18.9 Å². The van der Waals surface area contributed by atoms with E-state index in [1.54, 1.807) is 0 Å². The van der Waals surface area contributed by atoms with E-state index in [-0.39, 0.29) is 29.9 Å². The van der Waals surface area contributed by atoms with Crippen LogP contribution in [0.5, 0.6) is 0 Å². The number of hydrogen-bond donors (Lipinski definition) is 3. The Morgan fingerprint density at radius 3 is 2.50 bits per heavy atom. The van der Waals surface area contributed by atoms with E-state index in [9.17, 15) is 22.4 Å². The van der Waals surface area contributed by atoms with Crippen LogP contribution in [0.2, 0.25) is 0 Å². The van der Waals surface area contributed by atoms with Crippen LogP contribution in [-0.2, 0) is 15.8 Å². The smallest absolute Gasteiger partial charge is 0.416 e. The lowest BCUT2D eigenvalue weighted by Gasteiger charge is -2.29. The fraction of sp³-hybridized carbons (Fsp3) is 0.250. The molecular formula is C28H25F4N3O3. The number of anilines is 1. The first-order valence-electron chi connectivity index (χ1n) is 12.0. The zero-order chi connectivity index (χ0) is 27.3. The standard InChI is InChI=1S/C27H23F4N3O.CH2O2/c28-23-14-20(27(29,30)31)11-12-25(23)33-26(35)19-4-1-3-18(13-19)16-7-9-17(10-8-16)21-5-2-6-24-22(21)15-32-34-24;2-1-3/h2,5-12,14-15,18-19H,1,3-4,13H2,(H,32,34)(H,33,35);1H,(H,2,3). The molecule has 1 saturated carbocycles. The Bertz CT molecular complexity index is 1420. The second-order valence-electron chi connectivity index (χ2n) is 9.11. The number of carboxylic acid groups (broad SMARTS) is 1. The highest BCUT2D eigenvalue weighted by molar-refractivity contribution is 5.94. The summed E-state index contributed by atoms with van der Waals surface area (Å²) in [5, 5.41) is 17.5. The van der Waals surface area contributed by atoms with Gasteiger partial charge in [0.05, 0.1) is 23.0 Å². The number of nitrogens with zero attached hydrogens (tertiary/aromatic N) is 1. The summed E-state index contributed by atoms with van der Waals surface area (Å²) in [5.74, 6) is -1.62. The molecule has 0 spiro atoms. The van der Waals surface area contributed by atoms with Crippen molar-refractivity contribution in [2.24, 2.45) is 5.92 Å². The van der Waals surface area contributed by atoms with Gasteiger partial charge in [-0.2, -0.15) is 18.3 Å². The van der Waals surface area contributed by atoms with Crippen LogP contribution < -0.4 is 5.32 Å². The number of halogens is 4. The van der Waals surface area contributed by atoms with Crippen LogP contribution >= 0.6 is 0 Å². The number of rotatable bonds is 4. The fourth-order valence-corrected chi connectivity index (χ4v) is 4.91. The van der Waals surface area contributed by atoms with Gasteiger partial charge in [-0.3, -0.25) is 14.7 Å². The lowest BCUT2D eigenvalue weighted by molar-refractivity contribution is -0.137. The van der Waals surface area contributed by atoms with Gasteiger partial charge in [-0.1, -0.05) is 42.8 Å². The van der Waals surface area contributed by atoms with Gasteiger partial charge in [0.25, 0.3) is 6.47 Å². The summed E-state index contributed by atoms with van der Waals surface area (Å²) in [6.45, 7) is -0.250. The van der Waals surface area contributed by atoms with Gasteiger partial charge in [-0.25, -0.2) is 4.39 Å². The second kappa shape index (κ2) is 11.5. The van der Waals surface area contributed by atoms with Crippen molar-refractivity contribution in [2.75, 3.05) is 5.32 Å². The Balaban J connectivity index is 0.00000107. The van der Waals surface area contributed by atoms with Crippen molar-refractivity contribution in [3.05, 3.63) is 83.8 Å². The predicted octanol–water partition coefficient (Wildman–Crippen LogP) is 7.00. The highest BCUT2D eigenvalue weighted by Crippen LogP contribution is 2.38. The van der Waals surface area contributed by atoms with Gasteiger partial charge >= 0.3 is 6.18 Å². The molecule has 1 aromatic heterocycles. The van der Waals surface area contributed by atoms with Crippen molar-refractivity contribution in [3.8, 4) is 11.1 Å². The van der Waals surface area contributed by atoms with Crippen LogP contribution in [-0.4, -0.2) is 27.7 Å². The number of aromatic amines is 1. The third kappa shape index (κ3) is 6.01. The Labute approximate surface area is 215 Å². The van der Waals surface area contributed by atoms with E-state index >= 15 is 0 Å². The summed E-state index contributed by atoms with van der Waals surface area (Å²) in [7, 11) is 0. The average molecular weight is 528 g/mol. The van der Waals surface area contributed by atoms with Crippen molar-refractivity contribution in [1.82, 2.24) is 10.2 Å². The molecule has 6 nitrogen and oxygen atoms in total. The molecule has 0 radical (unpaired) electrons. The van der Waals surface area contributed by atoms with E-state index in [1.807, 2.05) is 24.4 Å². The molecule has 2 unspecified atom stereocenters. The van der Waals surface area contributed by atoms with E-state index in [1.165, 1.54) is 0 Å². The highest BCUT2D eigenvalue weighted by atomic mass is 19.4.